The maximum Gasteiger partial charge on any atom is 0.293 e. The van der Waals surface area contributed by atoms with Gasteiger partial charge in [-0.1, -0.05) is 13.3 Å². The Kier molecular flexibility index (Phi) is 9.23. The van der Waals surface area contributed by atoms with Gasteiger partial charge in [0.1, 0.15) is 28.9 Å². The van der Waals surface area contributed by atoms with Crippen LogP contribution in [0.3, 0.4) is 0 Å². The van der Waals surface area contributed by atoms with Crippen LogP contribution in [0.2, 0.25) is 0 Å². The van der Waals surface area contributed by atoms with E-state index in [1.54, 1.807) is 6.20 Å². The summed E-state index contributed by atoms with van der Waals surface area (Å²) in [5, 5.41) is 6.43. The first-order valence-corrected chi connectivity index (χ1v) is 13.3. The predicted molar refractivity (Wildman–Crippen MR) is 146 cm³/mol. The van der Waals surface area contributed by atoms with E-state index in [-0.39, 0.29) is 24.3 Å². The van der Waals surface area contributed by atoms with Crippen molar-refractivity contribution in [1.29, 1.82) is 0 Å². The fraction of sp³-hybridized carbons (Fsp3) is 0.500. The molecular weight excluding hydrogens is 502 g/mol. The predicted octanol–water partition coefficient (Wildman–Crippen LogP) is 3.97. The highest BCUT2D eigenvalue weighted by atomic mass is 16.7. The third-order valence-electron chi connectivity index (χ3n) is 6.23. The van der Waals surface area contributed by atoms with E-state index in [9.17, 15) is 9.59 Å². The van der Waals surface area contributed by atoms with Crippen LogP contribution < -0.4 is 24.8 Å². The lowest BCUT2D eigenvalue weighted by Crippen LogP contribution is -2.45. The first kappa shape index (κ1) is 28.2. The minimum atomic E-state index is -0.318. The van der Waals surface area contributed by atoms with E-state index in [0.717, 1.165) is 38.8 Å². The van der Waals surface area contributed by atoms with Gasteiger partial charge in [-0.3, -0.25) is 9.59 Å². The van der Waals surface area contributed by atoms with E-state index in [4.69, 9.17) is 14.2 Å². The average molecular weight is 540 g/mol. The molecule has 5 rings (SSSR count). The largest absolute Gasteiger partial charge is 0.493 e. The Bertz CT molecular complexity index is 1280. The molecule has 0 bridgehead atoms. The molecule has 210 valence electrons. The second kappa shape index (κ2) is 12.8. The van der Waals surface area contributed by atoms with Crippen molar-refractivity contribution in [3.05, 3.63) is 30.2 Å². The van der Waals surface area contributed by atoms with Gasteiger partial charge >= 0.3 is 0 Å². The third-order valence-corrected chi connectivity index (χ3v) is 6.23. The molecule has 2 aliphatic rings. The number of aromatic nitrogens is 3. The Hall–Kier alpha value is -3.86. The number of carbonyl (C=O) groups excluding carboxylic acids is 2. The summed E-state index contributed by atoms with van der Waals surface area (Å²) in [5.41, 5.74) is 2.71. The van der Waals surface area contributed by atoms with Gasteiger partial charge < -0.3 is 34.6 Å². The standard InChI is InChI=1S/C23H27N5O4.C5H10O2/c1-2-3-9-30-16-6-7-17-22(32-13-31-17)18(16)20-21-19(26-12-27-20)15(11-25-21)23(29)28-14-5-4-8-24-10-14;1-5(2,3)7-4-6/h6-7,11-12,14,24-25H,2-5,8-10,13H2,1H3,(H,28,29);4H,1-3H3. The fourth-order valence-corrected chi connectivity index (χ4v) is 4.31. The number of amides is 1. The summed E-state index contributed by atoms with van der Waals surface area (Å²) < 4.78 is 22.0. The molecule has 39 heavy (non-hydrogen) atoms. The Morgan fingerprint density at radius 2 is 2.10 bits per heavy atom. The third kappa shape index (κ3) is 6.97. The lowest BCUT2D eigenvalue weighted by atomic mass is 10.1. The van der Waals surface area contributed by atoms with Crippen LogP contribution in [0.4, 0.5) is 0 Å². The molecule has 2 aromatic heterocycles. The van der Waals surface area contributed by atoms with E-state index in [2.05, 4.69) is 37.2 Å². The van der Waals surface area contributed by atoms with E-state index in [1.807, 2.05) is 32.9 Å². The van der Waals surface area contributed by atoms with Gasteiger partial charge in [0.2, 0.25) is 6.79 Å². The van der Waals surface area contributed by atoms with Crippen LogP contribution in [-0.4, -0.2) is 65.5 Å². The van der Waals surface area contributed by atoms with Gasteiger partial charge in [0.25, 0.3) is 12.4 Å². The van der Waals surface area contributed by atoms with E-state index < -0.39 is 0 Å². The van der Waals surface area contributed by atoms with Crippen molar-refractivity contribution in [2.24, 2.45) is 0 Å². The monoisotopic (exact) mass is 539 g/mol. The highest BCUT2D eigenvalue weighted by Gasteiger charge is 2.27. The summed E-state index contributed by atoms with van der Waals surface area (Å²) in [6, 6.07) is 3.83. The Balaban J connectivity index is 0.000000448. The first-order valence-electron chi connectivity index (χ1n) is 13.3. The lowest BCUT2D eigenvalue weighted by Gasteiger charge is -2.23. The highest BCUT2D eigenvalue weighted by Crippen LogP contribution is 2.47. The number of rotatable bonds is 8. The van der Waals surface area contributed by atoms with Crippen LogP contribution in [0.5, 0.6) is 17.2 Å². The molecule has 1 unspecified atom stereocenters. The molecule has 11 heteroatoms. The molecule has 3 N–H and O–H groups in total. The molecule has 0 aliphatic carbocycles. The van der Waals surface area contributed by atoms with Crippen molar-refractivity contribution in [1.82, 2.24) is 25.6 Å². The second-order valence-electron chi connectivity index (χ2n) is 10.4. The molecule has 2 aliphatic heterocycles. The zero-order valence-corrected chi connectivity index (χ0v) is 23.0. The molecule has 0 radical (unpaired) electrons. The maximum absolute atomic E-state index is 13.0. The normalized spacial score (nSPS) is 16.3. The molecule has 3 aromatic rings. The molecule has 1 saturated heterocycles. The summed E-state index contributed by atoms with van der Waals surface area (Å²) in [7, 11) is 0. The van der Waals surface area contributed by atoms with Gasteiger partial charge in [-0.05, 0) is 58.7 Å². The van der Waals surface area contributed by atoms with E-state index >= 15 is 0 Å². The molecule has 1 aromatic carbocycles. The second-order valence-corrected chi connectivity index (χ2v) is 10.4. The molecule has 4 heterocycles. The van der Waals surface area contributed by atoms with Crippen molar-refractivity contribution >= 4 is 23.4 Å². The average Bonchev–Trinajstić information content (AvgIpc) is 3.56. The van der Waals surface area contributed by atoms with Crippen LogP contribution in [0, 0.1) is 0 Å². The van der Waals surface area contributed by atoms with E-state index in [1.165, 1.54) is 6.33 Å². The van der Waals surface area contributed by atoms with Crippen LogP contribution in [0.15, 0.2) is 24.7 Å². The number of nitrogens with zero attached hydrogens (tertiary/aromatic N) is 2. The number of ether oxygens (including phenoxy) is 4. The minimum Gasteiger partial charge on any atom is -0.493 e. The topological polar surface area (TPSA) is 137 Å². The van der Waals surface area contributed by atoms with Crippen molar-refractivity contribution in [2.45, 2.75) is 65.0 Å². The van der Waals surface area contributed by atoms with Gasteiger partial charge in [-0.2, -0.15) is 0 Å². The summed E-state index contributed by atoms with van der Waals surface area (Å²) in [4.78, 5) is 34.7. The minimum absolute atomic E-state index is 0.115. The molecule has 1 atom stereocenters. The van der Waals surface area contributed by atoms with Crippen LogP contribution in [0.1, 0.15) is 63.7 Å². The molecule has 0 spiro atoms. The van der Waals surface area contributed by atoms with Crippen molar-refractivity contribution in [3.8, 4) is 28.5 Å². The number of hydrogen-bond acceptors (Lipinski definition) is 9. The number of fused-ring (bicyclic) bond motifs is 2. The quantitative estimate of drug-likeness (QED) is 0.287. The number of benzene rings is 1. The summed E-state index contributed by atoms with van der Waals surface area (Å²) in [6.45, 7) is 10.5. The molecule has 0 saturated carbocycles. The van der Waals surface area contributed by atoms with Gasteiger partial charge in [-0.25, -0.2) is 9.97 Å². The smallest absolute Gasteiger partial charge is 0.293 e. The van der Waals surface area contributed by atoms with Crippen LogP contribution >= 0.6 is 0 Å². The first-order chi connectivity index (χ1) is 18.8. The van der Waals surface area contributed by atoms with Gasteiger partial charge in [0, 0.05) is 18.8 Å². The van der Waals surface area contributed by atoms with Crippen molar-refractivity contribution < 1.29 is 28.5 Å². The van der Waals surface area contributed by atoms with Crippen LogP contribution in [-0.2, 0) is 9.53 Å². The Morgan fingerprint density at radius 3 is 2.79 bits per heavy atom. The molecular formula is C28H37N5O6. The van der Waals surface area contributed by atoms with Gasteiger partial charge in [0.05, 0.1) is 23.3 Å². The Morgan fingerprint density at radius 1 is 1.26 bits per heavy atom. The van der Waals surface area contributed by atoms with Crippen LogP contribution in [0.25, 0.3) is 22.3 Å². The number of carbonyl (C=O) groups is 2. The number of aromatic amines is 1. The maximum atomic E-state index is 13.0. The number of H-pyrrole nitrogens is 1. The fourth-order valence-electron chi connectivity index (χ4n) is 4.31. The zero-order valence-electron chi connectivity index (χ0n) is 23.0. The number of unbranched alkanes of at least 4 members (excludes halogenated alkanes) is 1. The summed E-state index contributed by atoms with van der Waals surface area (Å²) in [5.74, 6) is 1.75. The molecule has 1 amide bonds. The molecule has 1 fully saturated rings. The molecule has 11 nitrogen and oxygen atoms in total. The number of piperidine rings is 1. The SMILES string of the molecule is CC(C)(C)OC=O.CCCCOc1ccc2c(c1-c1ncnc3c(C(=O)NC4CCCNC4)c[nH]c13)OCO2. The van der Waals surface area contributed by atoms with Gasteiger partial charge in [0.15, 0.2) is 11.5 Å². The lowest BCUT2D eigenvalue weighted by molar-refractivity contribution is -0.138. The van der Waals surface area contributed by atoms with Crippen molar-refractivity contribution in [3.63, 3.8) is 0 Å². The number of nitrogens with one attached hydrogen (secondary N) is 3. The zero-order chi connectivity index (χ0) is 27.8. The Labute approximate surface area is 228 Å². The van der Waals surface area contributed by atoms with E-state index in [0.29, 0.717) is 58.2 Å². The highest BCUT2D eigenvalue weighted by molar-refractivity contribution is 6.08. The number of hydrogen-bond donors (Lipinski definition) is 3. The summed E-state index contributed by atoms with van der Waals surface area (Å²) >= 11 is 0. The van der Waals surface area contributed by atoms with Gasteiger partial charge in [-0.15, -0.1) is 0 Å². The summed E-state index contributed by atoms with van der Waals surface area (Å²) in [6.07, 6.45) is 7.14. The van der Waals surface area contributed by atoms with Crippen molar-refractivity contribution in [2.75, 3.05) is 26.5 Å².